The van der Waals surface area contributed by atoms with Crippen LogP contribution in [0.1, 0.15) is 16.7 Å². The van der Waals surface area contributed by atoms with Crippen LogP contribution >= 0.6 is 15.9 Å². The van der Waals surface area contributed by atoms with Crippen LogP contribution < -0.4 is 14.9 Å². The molecule has 3 aromatic carbocycles. The van der Waals surface area contributed by atoms with E-state index in [0.29, 0.717) is 21.5 Å². The first-order valence-corrected chi connectivity index (χ1v) is 10.9. The highest BCUT2D eigenvalue weighted by atomic mass is 79.9. The minimum Gasteiger partial charge on any atom is -0.493 e. The number of amides is 1. The fourth-order valence-corrected chi connectivity index (χ4v) is 3.63. The largest absolute Gasteiger partial charge is 0.493 e. The maximum atomic E-state index is 12.2. The average molecular weight is 543 g/mol. The number of nitro groups is 2. The molecule has 0 saturated carbocycles. The number of para-hydroxylation sites is 1. The Morgan fingerprint density at radius 3 is 2.46 bits per heavy atom. The molecule has 0 aromatic heterocycles. The van der Waals surface area contributed by atoms with Gasteiger partial charge in [-0.3, -0.25) is 25.0 Å². The number of nitrogens with zero attached hydrogens (tertiary/aromatic N) is 3. The Labute approximate surface area is 207 Å². The van der Waals surface area contributed by atoms with Crippen LogP contribution in [0.2, 0.25) is 0 Å². The Balaban J connectivity index is 1.64. The lowest BCUT2D eigenvalue weighted by molar-refractivity contribution is -0.385. The summed E-state index contributed by atoms with van der Waals surface area (Å²) in [7, 11) is 1.47. The molecule has 0 bridgehead atoms. The van der Waals surface area contributed by atoms with Crippen LogP contribution in [-0.2, 0) is 17.8 Å². The molecule has 0 heterocycles. The highest BCUT2D eigenvalue weighted by Gasteiger charge is 2.15. The number of benzene rings is 3. The number of rotatable bonds is 10. The van der Waals surface area contributed by atoms with E-state index in [4.69, 9.17) is 9.47 Å². The number of carbonyl (C=O) groups excluding carboxylic acids is 1. The van der Waals surface area contributed by atoms with Crippen molar-refractivity contribution in [2.75, 3.05) is 7.11 Å². The topological polar surface area (TPSA) is 146 Å². The minimum absolute atomic E-state index is 0.00904. The molecule has 1 N–H and O–H groups in total. The maximum absolute atomic E-state index is 12.2. The van der Waals surface area contributed by atoms with Gasteiger partial charge in [0, 0.05) is 23.8 Å². The normalized spacial score (nSPS) is 10.7. The molecule has 0 aliphatic heterocycles. The van der Waals surface area contributed by atoms with Crippen molar-refractivity contribution >= 4 is 39.4 Å². The molecule has 11 nitrogen and oxygen atoms in total. The fourth-order valence-electron chi connectivity index (χ4n) is 3.05. The summed E-state index contributed by atoms with van der Waals surface area (Å²) in [6.45, 7) is 0.155. The van der Waals surface area contributed by atoms with Gasteiger partial charge in [0.2, 0.25) is 5.91 Å². The molecule has 0 unspecified atom stereocenters. The van der Waals surface area contributed by atoms with E-state index in [1.54, 1.807) is 30.3 Å². The molecule has 0 saturated heterocycles. The van der Waals surface area contributed by atoms with E-state index in [1.807, 2.05) is 0 Å². The van der Waals surface area contributed by atoms with Gasteiger partial charge in [-0.2, -0.15) is 5.10 Å². The van der Waals surface area contributed by atoms with Gasteiger partial charge in [-0.05, 0) is 51.3 Å². The molecule has 0 aliphatic carbocycles. The SMILES string of the molecule is COc1cc(/C=N/NC(=O)Cc2ccccc2[N+](=O)[O-])cc(Br)c1OCc1ccc([N+](=O)[O-])cc1. The molecule has 0 fully saturated rings. The third-order valence-electron chi connectivity index (χ3n) is 4.72. The van der Waals surface area contributed by atoms with Crippen LogP contribution in [0.4, 0.5) is 11.4 Å². The lowest BCUT2D eigenvalue weighted by Gasteiger charge is -2.13. The second kappa shape index (κ2) is 11.7. The van der Waals surface area contributed by atoms with Gasteiger partial charge in [-0.1, -0.05) is 18.2 Å². The first-order valence-electron chi connectivity index (χ1n) is 10.1. The Bertz CT molecular complexity index is 1280. The number of halogens is 1. The number of carbonyl (C=O) groups is 1. The lowest BCUT2D eigenvalue weighted by atomic mass is 10.1. The summed E-state index contributed by atoms with van der Waals surface area (Å²) in [4.78, 5) is 33.0. The predicted molar refractivity (Wildman–Crippen MR) is 131 cm³/mol. The molecule has 3 aromatic rings. The number of nitro benzene ring substituents is 2. The van der Waals surface area contributed by atoms with Crippen LogP contribution in [0.3, 0.4) is 0 Å². The number of methoxy groups -OCH3 is 1. The van der Waals surface area contributed by atoms with Gasteiger partial charge >= 0.3 is 0 Å². The monoisotopic (exact) mass is 542 g/mol. The smallest absolute Gasteiger partial charge is 0.273 e. The summed E-state index contributed by atoms with van der Waals surface area (Å²) >= 11 is 3.42. The number of non-ortho nitro benzene ring substituents is 1. The number of ether oxygens (including phenoxy) is 2. The number of hydrogen-bond acceptors (Lipinski definition) is 8. The average Bonchev–Trinajstić information content (AvgIpc) is 2.83. The van der Waals surface area contributed by atoms with Gasteiger partial charge in [-0.25, -0.2) is 5.43 Å². The Kier molecular flexibility index (Phi) is 8.46. The molecular formula is C23H19BrN4O7. The molecular weight excluding hydrogens is 524 g/mol. The van der Waals surface area contributed by atoms with Gasteiger partial charge in [0.15, 0.2) is 11.5 Å². The molecule has 3 rings (SSSR count). The molecule has 0 spiro atoms. The Hall–Kier alpha value is -4.32. The van der Waals surface area contributed by atoms with Crippen molar-refractivity contribution in [3.05, 3.63) is 102 Å². The summed E-state index contributed by atoms with van der Waals surface area (Å²) in [5.41, 5.74) is 3.81. The predicted octanol–water partition coefficient (Wildman–Crippen LogP) is 4.55. The zero-order valence-corrected chi connectivity index (χ0v) is 19.9. The highest BCUT2D eigenvalue weighted by molar-refractivity contribution is 9.10. The first-order chi connectivity index (χ1) is 16.8. The van der Waals surface area contributed by atoms with Gasteiger partial charge in [0.05, 0.1) is 34.1 Å². The number of hydrazone groups is 1. The van der Waals surface area contributed by atoms with E-state index >= 15 is 0 Å². The summed E-state index contributed by atoms with van der Waals surface area (Å²) in [6, 6.07) is 15.3. The lowest BCUT2D eigenvalue weighted by Crippen LogP contribution is -2.20. The zero-order chi connectivity index (χ0) is 25.4. The first kappa shape index (κ1) is 25.3. The van der Waals surface area contributed by atoms with Crippen molar-refractivity contribution in [2.45, 2.75) is 13.0 Å². The van der Waals surface area contributed by atoms with E-state index < -0.39 is 15.8 Å². The quantitative estimate of drug-likeness (QED) is 0.224. The molecule has 180 valence electrons. The number of nitrogens with one attached hydrogen (secondary N) is 1. The third-order valence-corrected chi connectivity index (χ3v) is 5.31. The molecule has 35 heavy (non-hydrogen) atoms. The zero-order valence-electron chi connectivity index (χ0n) is 18.3. The molecule has 1 amide bonds. The van der Waals surface area contributed by atoms with Crippen LogP contribution in [0.25, 0.3) is 0 Å². The van der Waals surface area contributed by atoms with Crippen molar-refractivity contribution in [1.82, 2.24) is 5.43 Å². The van der Waals surface area contributed by atoms with Crippen LogP contribution in [0.15, 0.2) is 70.2 Å². The van der Waals surface area contributed by atoms with Crippen molar-refractivity contribution in [2.24, 2.45) is 5.10 Å². The highest BCUT2D eigenvalue weighted by Crippen LogP contribution is 2.37. The van der Waals surface area contributed by atoms with Crippen molar-refractivity contribution in [3.63, 3.8) is 0 Å². The van der Waals surface area contributed by atoms with Crippen molar-refractivity contribution in [3.8, 4) is 11.5 Å². The van der Waals surface area contributed by atoms with Crippen molar-refractivity contribution in [1.29, 1.82) is 0 Å². The van der Waals surface area contributed by atoms with Gasteiger partial charge < -0.3 is 9.47 Å². The van der Waals surface area contributed by atoms with Crippen LogP contribution in [0, 0.1) is 20.2 Å². The van der Waals surface area contributed by atoms with Crippen LogP contribution in [-0.4, -0.2) is 29.1 Å². The Morgan fingerprint density at radius 2 is 1.80 bits per heavy atom. The fraction of sp³-hybridized carbons (Fsp3) is 0.130. The number of hydrogen-bond donors (Lipinski definition) is 1. The second-order valence-electron chi connectivity index (χ2n) is 7.10. The van der Waals surface area contributed by atoms with E-state index in [-0.39, 0.29) is 30.0 Å². The summed E-state index contributed by atoms with van der Waals surface area (Å²) in [5, 5.41) is 25.8. The Morgan fingerprint density at radius 1 is 1.09 bits per heavy atom. The van der Waals surface area contributed by atoms with Crippen molar-refractivity contribution < 1.29 is 24.1 Å². The standard InChI is InChI=1S/C23H19BrN4O7/c1-34-21-11-16(13-25-26-22(29)12-17-4-2-3-5-20(17)28(32)33)10-19(24)23(21)35-14-15-6-8-18(9-7-15)27(30)31/h2-11,13H,12,14H2,1H3,(H,26,29)/b25-13+. The third kappa shape index (κ3) is 6.84. The minimum atomic E-state index is -0.541. The molecule has 12 heteroatoms. The second-order valence-corrected chi connectivity index (χ2v) is 7.96. The summed E-state index contributed by atoms with van der Waals surface area (Å²) < 4.78 is 11.8. The van der Waals surface area contributed by atoms with E-state index in [1.165, 1.54) is 43.7 Å². The van der Waals surface area contributed by atoms with Gasteiger partial charge in [0.1, 0.15) is 6.61 Å². The molecule has 0 aliphatic rings. The maximum Gasteiger partial charge on any atom is 0.273 e. The van der Waals surface area contributed by atoms with E-state index in [9.17, 15) is 25.0 Å². The van der Waals surface area contributed by atoms with Crippen LogP contribution in [0.5, 0.6) is 11.5 Å². The van der Waals surface area contributed by atoms with E-state index in [2.05, 4.69) is 26.5 Å². The van der Waals surface area contributed by atoms with Gasteiger partial charge in [0.25, 0.3) is 11.4 Å². The van der Waals surface area contributed by atoms with E-state index in [0.717, 1.165) is 5.56 Å². The molecule has 0 radical (unpaired) electrons. The summed E-state index contributed by atoms with van der Waals surface area (Å²) in [6.07, 6.45) is 1.20. The molecule has 0 atom stereocenters. The summed E-state index contributed by atoms with van der Waals surface area (Å²) in [5.74, 6) is 0.307. The van der Waals surface area contributed by atoms with Gasteiger partial charge in [-0.15, -0.1) is 0 Å².